The molecule has 0 unspecified atom stereocenters. The molecule has 1 aliphatic rings. The third kappa shape index (κ3) is 11.6. The SMILES string of the molecule is CC(C)=C(NC(=O)CN1C(=O)C=CC1=O)C(=O)N[C@@H](C)C(=O)N[C@@H](CCN(C(=O)CO)[C@@H](c1cc(-c2cc(F)ccc2F)cn1Cc1ccccc1)C(C)(C)C)C(=O)O. The minimum absolute atomic E-state index is 0.0210. The molecule has 1 aliphatic heterocycles. The second-order valence-electron chi connectivity index (χ2n) is 15.3. The molecule has 0 saturated heterocycles. The van der Waals surface area contributed by atoms with Gasteiger partial charge in [0.1, 0.15) is 42.6 Å². The number of carbonyl (C=O) groups is 7. The van der Waals surface area contributed by atoms with Crippen LogP contribution in [0.1, 0.15) is 65.3 Å². The number of benzene rings is 2. The molecule has 0 radical (unpaired) electrons. The van der Waals surface area contributed by atoms with Crippen molar-refractivity contribution in [2.75, 3.05) is 19.7 Å². The summed E-state index contributed by atoms with van der Waals surface area (Å²) in [6.07, 6.45) is 3.28. The van der Waals surface area contributed by atoms with Crippen molar-refractivity contribution in [2.45, 2.75) is 72.6 Å². The van der Waals surface area contributed by atoms with E-state index in [0.717, 1.165) is 35.9 Å². The lowest BCUT2D eigenvalue weighted by Gasteiger charge is -2.41. The Morgan fingerprint density at radius 1 is 0.915 bits per heavy atom. The van der Waals surface area contributed by atoms with Gasteiger partial charge in [-0.3, -0.25) is 33.7 Å². The predicted molar refractivity (Wildman–Crippen MR) is 210 cm³/mol. The molecule has 0 spiro atoms. The largest absolute Gasteiger partial charge is 0.480 e. The number of aliphatic hydroxyl groups excluding tert-OH is 1. The Labute approximate surface area is 339 Å². The van der Waals surface area contributed by atoms with Gasteiger partial charge in [0.25, 0.3) is 17.7 Å². The quantitative estimate of drug-likeness (QED) is 0.100. The smallest absolute Gasteiger partial charge is 0.326 e. The summed E-state index contributed by atoms with van der Waals surface area (Å²) in [7, 11) is 0. The van der Waals surface area contributed by atoms with E-state index in [1.165, 1.54) is 25.7 Å². The number of hydrogen-bond donors (Lipinski definition) is 5. The monoisotopic (exact) mass is 818 g/mol. The first-order chi connectivity index (χ1) is 27.7. The van der Waals surface area contributed by atoms with Crippen molar-refractivity contribution in [3.63, 3.8) is 0 Å². The molecule has 3 atom stereocenters. The first-order valence-electron chi connectivity index (χ1n) is 18.7. The maximum Gasteiger partial charge on any atom is 0.326 e. The Bertz CT molecular complexity index is 2160. The standard InChI is InChI=1S/C42H48F2N6O9/c1-24(2)37(47-33(52)22-50-34(53)14-15-35(50)54)40(57)45-25(3)39(56)46-31(41(58)59)16-17-49(36(55)23-51)38(42(4,5)6)32-18-27(29-19-28(43)12-13-30(29)44)21-48(32)20-26-10-8-7-9-11-26/h7-15,18-19,21,25,31,38,51H,16-17,20,22-23H2,1-6H3,(H,45,57)(H,46,56)(H,47,52)(H,58,59)/t25-,31-,38-/m0/s1. The number of carboxylic acid groups (broad SMARTS) is 1. The zero-order valence-corrected chi connectivity index (χ0v) is 33.5. The minimum Gasteiger partial charge on any atom is -0.480 e. The van der Waals surface area contributed by atoms with Crippen LogP contribution in [0.3, 0.4) is 0 Å². The number of aromatic nitrogens is 1. The number of rotatable bonds is 17. The maximum absolute atomic E-state index is 15.1. The second kappa shape index (κ2) is 19.3. The number of aliphatic carboxylic acids is 1. The number of imide groups is 1. The molecule has 0 aliphatic carbocycles. The van der Waals surface area contributed by atoms with Gasteiger partial charge in [-0.1, -0.05) is 51.1 Å². The van der Waals surface area contributed by atoms with Gasteiger partial charge in [0.15, 0.2) is 0 Å². The topological polar surface area (TPSA) is 207 Å². The van der Waals surface area contributed by atoms with Crippen molar-refractivity contribution in [3.8, 4) is 11.1 Å². The van der Waals surface area contributed by atoms with E-state index in [0.29, 0.717) is 21.7 Å². The Morgan fingerprint density at radius 3 is 2.14 bits per heavy atom. The highest BCUT2D eigenvalue weighted by molar-refractivity contribution is 6.14. The lowest BCUT2D eigenvalue weighted by Crippen LogP contribution is -2.53. The van der Waals surface area contributed by atoms with E-state index in [1.54, 1.807) is 16.8 Å². The van der Waals surface area contributed by atoms with Gasteiger partial charge in [-0.25, -0.2) is 13.6 Å². The lowest BCUT2D eigenvalue weighted by molar-refractivity contribution is -0.144. The van der Waals surface area contributed by atoms with Crippen molar-refractivity contribution < 1.29 is 52.6 Å². The molecule has 2 aromatic carbocycles. The fourth-order valence-corrected chi connectivity index (χ4v) is 6.58. The van der Waals surface area contributed by atoms with E-state index < -0.39 is 89.7 Å². The van der Waals surface area contributed by atoms with Crippen LogP contribution in [0.2, 0.25) is 0 Å². The van der Waals surface area contributed by atoms with Crippen LogP contribution in [-0.2, 0) is 40.1 Å². The van der Waals surface area contributed by atoms with Gasteiger partial charge in [0, 0.05) is 48.3 Å². The summed E-state index contributed by atoms with van der Waals surface area (Å²) in [5.41, 5.74) is 0.876. The molecule has 0 fully saturated rings. The first kappa shape index (κ1) is 45.2. The average Bonchev–Trinajstić information content (AvgIpc) is 3.72. The number of halogens is 2. The molecule has 5 N–H and O–H groups in total. The molecule has 3 aromatic rings. The van der Waals surface area contributed by atoms with Crippen LogP contribution in [0, 0.1) is 17.0 Å². The van der Waals surface area contributed by atoms with Crippen LogP contribution in [0.5, 0.6) is 0 Å². The van der Waals surface area contributed by atoms with Crippen LogP contribution >= 0.6 is 0 Å². The summed E-state index contributed by atoms with van der Waals surface area (Å²) in [5.74, 6) is -7.65. The Kier molecular flexibility index (Phi) is 14.8. The van der Waals surface area contributed by atoms with Crippen LogP contribution in [0.4, 0.5) is 8.78 Å². The van der Waals surface area contributed by atoms with Crippen LogP contribution in [0.15, 0.2) is 84.2 Å². The Hall–Kier alpha value is -6.49. The predicted octanol–water partition coefficient (Wildman–Crippen LogP) is 3.19. The van der Waals surface area contributed by atoms with Gasteiger partial charge in [-0.15, -0.1) is 0 Å². The fourth-order valence-electron chi connectivity index (χ4n) is 6.58. The lowest BCUT2D eigenvalue weighted by atomic mass is 9.82. The molecular formula is C42H48F2N6O9. The maximum atomic E-state index is 15.1. The number of hydrogen-bond acceptors (Lipinski definition) is 8. The Morgan fingerprint density at radius 2 is 1.56 bits per heavy atom. The highest BCUT2D eigenvalue weighted by Crippen LogP contribution is 2.41. The van der Waals surface area contributed by atoms with Gasteiger partial charge in [0.2, 0.25) is 17.7 Å². The number of amides is 6. The molecule has 2 heterocycles. The molecule has 6 amide bonds. The van der Waals surface area contributed by atoms with E-state index in [4.69, 9.17) is 0 Å². The molecule has 0 bridgehead atoms. The molecular weight excluding hydrogens is 770 g/mol. The summed E-state index contributed by atoms with van der Waals surface area (Å²) >= 11 is 0. The molecule has 17 heteroatoms. The van der Waals surface area contributed by atoms with E-state index in [9.17, 15) is 48.2 Å². The summed E-state index contributed by atoms with van der Waals surface area (Å²) in [6.45, 7) is 8.09. The van der Waals surface area contributed by atoms with Crippen molar-refractivity contribution in [1.29, 1.82) is 0 Å². The molecule has 0 saturated carbocycles. The second-order valence-corrected chi connectivity index (χ2v) is 15.3. The number of allylic oxidation sites excluding steroid dienone is 1. The van der Waals surface area contributed by atoms with Gasteiger partial charge in [-0.05, 0) is 68.0 Å². The van der Waals surface area contributed by atoms with Crippen molar-refractivity contribution >= 4 is 41.4 Å². The fraction of sp³-hybridized carbons (Fsp3) is 0.357. The Balaban J connectivity index is 1.56. The van der Waals surface area contributed by atoms with Crippen LogP contribution < -0.4 is 16.0 Å². The van der Waals surface area contributed by atoms with Gasteiger partial charge >= 0.3 is 5.97 Å². The summed E-state index contributed by atoms with van der Waals surface area (Å²) in [6, 6.07) is 10.1. The van der Waals surface area contributed by atoms with Crippen LogP contribution in [-0.4, -0.2) is 97.8 Å². The number of nitrogens with zero attached hydrogens (tertiary/aromatic N) is 3. The van der Waals surface area contributed by atoms with E-state index in [-0.39, 0.29) is 30.8 Å². The van der Waals surface area contributed by atoms with Crippen LogP contribution in [0.25, 0.3) is 11.1 Å². The minimum atomic E-state index is -1.60. The number of carboxylic acids is 1. The first-order valence-corrected chi connectivity index (χ1v) is 18.7. The highest BCUT2D eigenvalue weighted by Gasteiger charge is 2.38. The molecule has 15 nitrogen and oxygen atoms in total. The van der Waals surface area contributed by atoms with Crippen molar-refractivity contribution in [2.24, 2.45) is 5.41 Å². The molecule has 59 heavy (non-hydrogen) atoms. The van der Waals surface area contributed by atoms with Gasteiger partial charge < -0.3 is 35.6 Å². The zero-order valence-electron chi connectivity index (χ0n) is 33.5. The zero-order chi connectivity index (χ0) is 43.8. The average molecular weight is 819 g/mol. The van der Waals surface area contributed by atoms with Crippen molar-refractivity contribution in [1.82, 2.24) is 30.3 Å². The normalized spacial score (nSPS) is 14.0. The van der Waals surface area contributed by atoms with E-state index in [2.05, 4.69) is 16.0 Å². The molecule has 314 valence electrons. The van der Waals surface area contributed by atoms with E-state index in [1.807, 2.05) is 51.1 Å². The third-order valence-electron chi connectivity index (χ3n) is 9.44. The van der Waals surface area contributed by atoms with Gasteiger partial charge in [0.05, 0.1) is 6.04 Å². The highest BCUT2D eigenvalue weighted by atomic mass is 19.1. The summed E-state index contributed by atoms with van der Waals surface area (Å²) in [4.78, 5) is 90.9. The molecule has 4 rings (SSSR count). The number of carbonyl (C=O) groups excluding carboxylic acids is 6. The van der Waals surface area contributed by atoms with Crippen molar-refractivity contribution in [3.05, 3.63) is 107 Å². The van der Waals surface area contributed by atoms with E-state index >= 15 is 4.39 Å². The molecule has 1 aromatic heterocycles. The summed E-state index contributed by atoms with van der Waals surface area (Å²) in [5, 5.41) is 27.4. The number of nitrogens with one attached hydrogen (secondary N) is 3. The van der Waals surface area contributed by atoms with Gasteiger partial charge in [-0.2, -0.15) is 0 Å². The third-order valence-corrected chi connectivity index (χ3v) is 9.44. The number of aliphatic hydroxyl groups is 1. The summed E-state index contributed by atoms with van der Waals surface area (Å²) < 4.78 is 31.3.